The van der Waals surface area contributed by atoms with Crippen LogP contribution in [0.2, 0.25) is 0 Å². The highest BCUT2D eigenvalue weighted by Gasteiger charge is 2.29. The molecule has 0 aromatic heterocycles. The first kappa shape index (κ1) is 14.0. The van der Waals surface area contributed by atoms with Crippen molar-refractivity contribution in [1.82, 2.24) is 5.32 Å². The van der Waals surface area contributed by atoms with E-state index in [9.17, 15) is 4.79 Å². The number of anilines is 1. The molecule has 1 heterocycles. The SMILES string of the molecule is CC1CCN(c2ccc(Br)cc2)C(=O)C(CC#N)N1. The highest BCUT2D eigenvalue weighted by molar-refractivity contribution is 9.10. The van der Waals surface area contributed by atoms with Crippen LogP contribution in [0.3, 0.4) is 0 Å². The number of benzene rings is 1. The number of rotatable bonds is 2. The molecule has 5 heteroatoms. The fourth-order valence-electron chi connectivity index (χ4n) is 2.23. The van der Waals surface area contributed by atoms with Crippen LogP contribution in [-0.2, 0) is 4.79 Å². The maximum absolute atomic E-state index is 12.5. The molecule has 0 spiro atoms. The van der Waals surface area contributed by atoms with Gasteiger partial charge in [-0.25, -0.2) is 0 Å². The second-order valence-corrected chi connectivity index (χ2v) is 5.65. The van der Waals surface area contributed by atoms with E-state index >= 15 is 0 Å². The number of nitrogens with zero attached hydrogens (tertiary/aromatic N) is 2. The van der Waals surface area contributed by atoms with Crippen LogP contribution >= 0.6 is 15.9 Å². The Morgan fingerprint density at radius 1 is 1.47 bits per heavy atom. The van der Waals surface area contributed by atoms with Crippen molar-refractivity contribution in [1.29, 1.82) is 5.26 Å². The molecular formula is C14H16BrN3O. The molecule has 1 N–H and O–H groups in total. The number of amides is 1. The minimum atomic E-state index is -0.411. The first-order valence-corrected chi connectivity index (χ1v) is 7.11. The molecule has 2 rings (SSSR count). The molecule has 19 heavy (non-hydrogen) atoms. The molecular weight excluding hydrogens is 306 g/mol. The van der Waals surface area contributed by atoms with Crippen LogP contribution in [0.1, 0.15) is 19.8 Å². The summed E-state index contributed by atoms with van der Waals surface area (Å²) in [5.74, 6) is -0.0202. The quantitative estimate of drug-likeness (QED) is 0.910. The first-order valence-electron chi connectivity index (χ1n) is 6.31. The van der Waals surface area contributed by atoms with Crippen molar-refractivity contribution < 1.29 is 4.79 Å². The Morgan fingerprint density at radius 2 is 2.16 bits per heavy atom. The molecule has 1 amide bonds. The lowest BCUT2D eigenvalue weighted by atomic mass is 10.1. The van der Waals surface area contributed by atoms with Crippen LogP contribution in [0.25, 0.3) is 0 Å². The number of hydrogen-bond acceptors (Lipinski definition) is 3. The van der Waals surface area contributed by atoms with Crippen molar-refractivity contribution in [3.05, 3.63) is 28.7 Å². The van der Waals surface area contributed by atoms with E-state index in [0.717, 1.165) is 16.6 Å². The van der Waals surface area contributed by atoms with Crippen molar-refractivity contribution in [3.63, 3.8) is 0 Å². The Balaban J connectivity index is 2.25. The molecule has 0 aliphatic carbocycles. The Morgan fingerprint density at radius 3 is 2.79 bits per heavy atom. The smallest absolute Gasteiger partial charge is 0.245 e. The van der Waals surface area contributed by atoms with E-state index in [1.807, 2.05) is 31.2 Å². The summed E-state index contributed by atoms with van der Waals surface area (Å²) in [5, 5.41) is 12.1. The van der Waals surface area contributed by atoms with Crippen LogP contribution in [0, 0.1) is 11.3 Å². The third-order valence-electron chi connectivity index (χ3n) is 3.27. The Hall–Kier alpha value is -1.38. The lowest BCUT2D eigenvalue weighted by Crippen LogP contribution is -2.45. The minimum absolute atomic E-state index is 0.0202. The number of nitriles is 1. The van der Waals surface area contributed by atoms with Gasteiger partial charge in [-0.3, -0.25) is 4.79 Å². The first-order chi connectivity index (χ1) is 9.11. The van der Waals surface area contributed by atoms with Crippen molar-refractivity contribution in [2.45, 2.75) is 31.8 Å². The number of nitrogens with one attached hydrogen (secondary N) is 1. The Labute approximate surface area is 121 Å². The van der Waals surface area contributed by atoms with Crippen LogP contribution < -0.4 is 10.2 Å². The average molecular weight is 322 g/mol. The lowest BCUT2D eigenvalue weighted by molar-refractivity contribution is -0.120. The van der Waals surface area contributed by atoms with Crippen LogP contribution in [0.5, 0.6) is 0 Å². The van der Waals surface area contributed by atoms with Crippen molar-refractivity contribution >= 4 is 27.5 Å². The molecule has 4 nitrogen and oxygen atoms in total. The molecule has 0 saturated carbocycles. The number of carbonyl (C=O) groups excluding carboxylic acids is 1. The van der Waals surface area contributed by atoms with Gasteiger partial charge in [0.15, 0.2) is 0 Å². The standard InChI is InChI=1S/C14H16BrN3O/c1-10-7-9-18(12-4-2-11(15)3-5-12)14(19)13(17-10)6-8-16/h2-5,10,13,17H,6-7,9H2,1H3. The zero-order chi connectivity index (χ0) is 13.8. The predicted octanol–water partition coefficient (Wildman–Crippen LogP) is 2.45. The molecule has 1 aromatic carbocycles. The molecule has 1 fully saturated rings. The van der Waals surface area contributed by atoms with E-state index in [-0.39, 0.29) is 18.4 Å². The van der Waals surface area contributed by atoms with Crippen LogP contribution in [0.15, 0.2) is 28.7 Å². The molecule has 1 saturated heterocycles. The third-order valence-corrected chi connectivity index (χ3v) is 3.80. The predicted molar refractivity (Wildman–Crippen MR) is 77.7 cm³/mol. The van der Waals surface area contributed by atoms with Gasteiger partial charge in [0, 0.05) is 22.7 Å². The van der Waals surface area contributed by atoms with E-state index in [0.29, 0.717) is 6.54 Å². The van der Waals surface area contributed by atoms with Crippen LogP contribution in [0.4, 0.5) is 5.69 Å². The average Bonchev–Trinajstić information content (AvgIpc) is 2.52. The molecule has 0 radical (unpaired) electrons. The molecule has 1 aliphatic heterocycles. The van der Waals surface area contributed by atoms with Crippen LogP contribution in [-0.4, -0.2) is 24.5 Å². The van der Waals surface area contributed by atoms with Crippen molar-refractivity contribution in [2.75, 3.05) is 11.4 Å². The number of hydrogen-bond donors (Lipinski definition) is 1. The molecule has 2 unspecified atom stereocenters. The van der Waals surface area contributed by atoms with Gasteiger partial charge < -0.3 is 10.2 Å². The van der Waals surface area contributed by atoms with Gasteiger partial charge in [0.05, 0.1) is 12.5 Å². The summed E-state index contributed by atoms with van der Waals surface area (Å²) in [6.07, 6.45) is 1.08. The van der Waals surface area contributed by atoms with Gasteiger partial charge >= 0.3 is 0 Å². The Kier molecular flexibility index (Phi) is 4.56. The van der Waals surface area contributed by atoms with E-state index < -0.39 is 6.04 Å². The summed E-state index contributed by atoms with van der Waals surface area (Å²) in [6, 6.07) is 9.58. The van der Waals surface area contributed by atoms with Gasteiger partial charge in [-0.15, -0.1) is 0 Å². The third kappa shape index (κ3) is 3.34. The summed E-state index contributed by atoms with van der Waals surface area (Å²) in [4.78, 5) is 14.2. The maximum Gasteiger partial charge on any atom is 0.245 e. The zero-order valence-electron chi connectivity index (χ0n) is 10.8. The van der Waals surface area contributed by atoms with E-state index in [1.54, 1.807) is 4.90 Å². The molecule has 2 atom stereocenters. The van der Waals surface area contributed by atoms with Gasteiger partial charge in [0.25, 0.3) is 0 Å². The zero-order valence-corrected chi connectivity index (χ0v) is 12.4. The maximum atomic E-state index is 12.5. The fourth-order valence-corrected chi connectivity index (χ4v) is 2.50. The Bertz CT molecular complexity index is 494. The van der Waals surface area contributed by atoms with Gasteiger partial charge in [0.2, 0.25) is 5.91 Å². The lowest BCUT2D eigenvalue weighted by Gasteiger charge is -2.23. The van der Waals surface area contributed by atoms with Gasteiger partial charge in [-0.05, 0) is 37.6 Å². The van der Waals surface area contributed by atoms with E-state index in [2.05, 4.69) is 27.3 Å². The molecule has 100 valence electrons. The van der Waals surface area contributed by atoms with Gasteiger partial charge in [-0.1, -0.05) is 15.9 Å². The summed E-state index contributed by atoms with van der Waals surface area (Å²) >= 11 is 3.39. The van der Waals surface area contributed by atoms with Crippen molar-refractivity contribution in [2.24, 2.45) is 0 Å². The van der Waals surface area contributed by atoms with Crippen molar-refractivity contribution in [3.8, 4) is 6.07 Å². The summed E-state index contributed by atoms with van der Waals surface area (Å²) in [5.41, 5.74) is 0.882. The second kappa shape index (κ2) is 6.18. The van der Waals surface area contributed by atoms with E-state index in [1.165, 1.54) is 0 Å². The van der Waals surface area contributed by atoms with E-state index in [4.69, 9.17) is 5.26 Å². The minimum Gasteiger partial charge on any atom is -0.311 e. The number of carbonyl (C=O) groups is 1. The topological polar surface area (TPSA) is 56.1 Å². The highest BCUT2D eigenvalue weighted by atomic mass is 79.9. The molecule has 1 aromatic rings. The largest absolute Gasteiger partial charge is 0.311 e. The summed E-state index contributed by atoms with van der Waals surface area (Å²) in [7, 11) is 0. The summed E-state index contributed by atoms with van der Waals surface area (Å²) < 4.78 is 0.985. The number of halogens is 1. The second-order valence-electron chi connectivity index (χ2n) is 4.74. The highest BCUT2D eigenvalue weighted by Crippen LogP contribution is 2.21. The van der Waals surface area contributed by atoms with Gasteiger partial charge in [0.1, 0.15) is 6.04 Å². The summed E-state index contributed by atoms with van der Waals surface area (Å²) in [6.45, 7) is 2.72. The normalized spacial score (nSPS) is 23.8. The molecule has 1 aliphatic rings. The van der Waals surface area contributed by atoms with Gasteiger partial charge in [-0.2, -0.15) is 5.26 Å². The molecule has 0 bridgehead atoms. The monoisotopic (exact) mass is 321 g/mol. The fraction of sp³-hybridized carbons (Fsp3) is 0.429.